The molecule has 0 radical (unpaired) electrons. The molecule has 0 aromatic heterocycles. The van der Waals surface area contributed by atoms with Crippen LogP contribution in [0.1, 0.15) is 45.1 Å². The van der Waals surface area contributed by atoms with Crippen molar-refractivity contribution in [2.45, 2.75) is 45.6 Å². The summed E-state index contributed by atoms with van der Waals surface area (Å²) in [5.74, 6) is 1.06. The molecule has 0 atom stereocenters. The standard InChI is InChI=1S/C19H25NO4/c1-13-4-8-16(9-5-13)20-19(22)11-7-15-6-10-17(23-3)18(12-15)24-14(2)21/h6-7,10-13,16H,4-5,8-9H2,1-3H3,(H,20,22)/b11-7+/t13-,16-. The average molecular weight is 331 g/mol. The fraction of sp³-hybridized carbons (Fsp3) is 0.474. The molecule has 1 N–H and O–H groups in total. The first-order valence-corrected chi connectivity index (χ1v) is 8.33. The lowest BCUT2D eigenvalue weighted by Crippen LogP contribution is -2.36. The topological polar surface area (TPSA) is 64.6 Å². The number of hydrogen-bond acceptors (Lipinski definition) is 4. The zero-order valence-electron chi connectivity index (χ0n) is 14.5. The second-order valence-corrected chi connectivity index (χ2v) is 6.30. The molecule has 5 heteroatoms. The molecule has 1 aromatic carbocycles. The molecule has 0 unspecified atom stereocenters. The number of rotatable bonds is 5. The number of carbonyl (C=O) groups is 2. The molecule has 0 spiro atoms. The maximum atomic E-state index is 12.0. The summed E-state index contributed by atoms with van der Waals surface area (Å²) < 4.78 is 10.3. The van der Waals surface area contributed by atoms with E-state index in [-0.39, 0.29) is 11.9 Å². The lowest BCUT2D eigenvalue weighted by Gasteiger charge is -2.26. The summed E-state index contributed by atoms with van der Waals surface area (Å²) in [6.45, 7) is 3.59. The van der Waals surface area contributed by atoms with E-state index in [1.807, 2.05) is 0 Å². The molecule has 130 valence electrons. The SMILES string of the molecule is COc1ccc(/C=C/C(=O)N[C@H]2CC[C@H](C)CC2)cc1OC(C)=O. The van der Waals surface area contributed by atoms with E-state index in [9.17, 15) is 9.59 Å². The van der Waals surface area contributed by atoms with Crippen LogP contribution < -0.4 is 14.8 Å². The van der Waals surface area contributed by atoms with E-state index in [1.165, 1.54) is 33.0 Å². The van der Waals surface area contributed by atoms with Crippen molar-refractivity contribution in [3.63, 3.8) is 0 Å². The van der Waals surface area contributed by atoms with Crippen molar-refractivity contribution in [3.05, 3.63) is 29.8 Å². The molecule has 1 amide bonds. The van der Waals surface area contributed by atoms with E-state index in [0.717, 1.165) is 24.3 Å². The minimum atomic E-state index is -0.418. The first kappa shape index (κ1) is 18.0. The van der Waals surface area contributed by atoms with Gasteiger partial charge < -0.3 is 14.8 Å². The highest BCUT2D eigenvalue weighted by Gasteiger charge is 2.18. The van der Waals surface area contributed by atoms with Crippen molar-refractivity contribution in [2.24, 2.45) is 5.92 Å². The zero-order valence-corrected chi connectivity index (χ0v) is 14.5. The lowest BCUT2D eigenvalue weighted by molar-refractivity contribution is -0.132. The molecular formula is C19H25NO4. The van der Waals surface area contributed by atoms with Crippen molar-refractivity contribution < 1.29 is 19.1 Å². The maximum absolute atomic E-state index is 12.0. The molecule has 0 heterocycles. The van der Waals surface area contributed by atoms with Gasteiger partial charge in [0.05, 0.1) is 7.11 Å². The zero-order chi connectivity index (χ0) is 17.5. The summed E-state index contributed by atoms with van der Waals surface area (Å²) in [4.78, 5) is 23.2. The largest absolute Gasteiger partial charge is 0.493 e. The van der Waals surface area contributed by atoms with Crippen LogP contribution in [0.5, 0.6) is 11.5 Å². The van der Waals surface area contributed by atoms with Gasteiger partial charge in [0.15, 0.2) is 11.5 Å². The van der Waals surface area contributed by atoms with Crippen molar-refractivity contribution in [3.8, 4) is 11.5 Å². The highest BCUT2D eigenvalue weighted by Crippen LogP contribution is 2.28. The third-order valence-electron chi connectivity index (χ3n) is 4.23. The molecular weight excluding hydrogens is 306 g/mol. The van der Waals surface area contributed by atoms with E-state index in [2.05, 4.69) is 12.2 Å². The molecule has 24 heavy (non-hydrogen) atoms. The van der Waals surface area contributed by atoms with Crippen LogP contribution in [0.2, 0.25) is 0 Å². The minimum absolute atomic E-state index is 0.0978. The van der Waals surface area contributed by atoms with Gasteiger partial charge in [-0.2, -0.15) is 0 Å². The molecule has 0 bridgehead atoms. The summed E-state index contributed by atoms with van der Waals surface area (Å²) in [6, 6.07) is 5.45. The van der Waals surface area contributed by atoms with Gasteiger partial charge >= 0.3 is 5.97 Å². The quantitative estimate of drug-likeness (QED) is 0.511. The Hall–Kier alpha value is -2.30. The Bertz CT molecular complexity index is 616. The van der Waals surface area contributed by atoms with E-state index >= 15 is 0 Å². The number of esters is 1. The summed E-state index contributed by atoms with van der Waals surface area (Å²) >= 11 is 0. The van der Waals surface area contributed by atoms with Crippen LogP contribution in [0, 0.1) is 5.92 Å². The Kier molecular flexibility index (Phi) is 6.41. The third-order valence-corrected chi connectivity index (χ3v) is 4.23. The number of amides is 1. The molecule has 1 fully saturated rings. The van der Waals surface area contributed by atoms with Gasteiger partial charge in [-0.3, -0.25) is 9.59 Å². The Balaban J connectivity index is 1.97. The van der Waals surface area contributed by atoms with Gasteiger partial charge in [0, 0.05) is 19.0 Å². The van der Waals surface area contributed by atoms with Crippen molar-refractivity contribution in [2.75, 3.05) is 7.11 Å². The molecule has 1 aliphatic rings. The predicted molar refractivity (Wildman–Crippen MR) is 92.9 cm³/mol. The van der Waals surface area contributed by atoms with Crippen molar-refractivity contribution >= 4 is 18.0 Å². The monoisotopic (exact) mass is 331 g/mol. The van der Waals surface area contributed by atoms with Gasteiger partial charge in [-0.15, -0.1) is 0 Å². The molecule has 0 aliphatic heterocycles. The second kappa shape index (κ2) is 8.52. The van der Waals surface area contributed by atoms with E-state index in [0.29, 0.717) is 11.5 Å². The summed E-state index contributed by atoms with van der Waals surface area (Å²) in [7, 11) is 1.51. The van der Waals surface area contributed by atoms with Crippen LogP contribution in [-0.2, 0) is 9.59 Å². The third kappa shape index (κ3) is 5.41. The summed E-state index contributed by atoms with van der Waals surface area (Å²) in [5.41, 5.74) is 0.763. The average Bonchev–Trinajstić information content (AvgIpc) is 2.55. The summed E-state index contributed by atoms with van der Waals surface area (Å²) in [5, 5.41) is 3.04. The van der Waals surface area contributed by atoms with Crippen LogP contribution in [0.15, 0.2) is 24.3 Å². The van der Waals surface area contributed by atoms with Crippen molar-refractivity contribution in [1.82, 2.24) is 5.32 Å². The van der Waals surface area contributed by atoms with Gasteiger partial charge in [0.2, 0.25) is 5.91 Å². The second-order valence-electron chi connectivity index (χ2n) is 6.30. The molecule has 0 saturated heterocycles. The number of hydrogen-bond donors (Lipinski definition) is 1. The molecule has 5 nitrogen and oxygen atoms in total. The van der Waals surface area contributed by atoms with Crippen LogP contribution in [0.3, 0.4) is 0 Å². The number of nitrogens with one attached hydrogen (secondary N) is 1. The van der Waals surface area contributed by atoms with E-state index in [1.54, 1.807) is 24.3 Å². The highest BCUT2D eigenvalue weighted by atomic mass is 16.6. The van der Waals surface area contributed by atoms with Gasteiger partial charge in [-0.05, 0) is 55.4 Å². The van der Waals surface area contributed by atoms with Gasteiger partial charge in [0.1, 0.15) is 0 Å². The molecule has 1 aliphatic carbocycles. The Morgan fingerprint density at radius 3 is 2.50 bits per heavy atom. The Morgan fingerprint density at radius 1 is 1.17 bits per heavy atom. The predicted octanol–water partition coefficient (Wildman–Crippen LogP) is 3.33. The van der Waals surface area contributed by atoms with E-state index in [4.69, 9.17) is 9.47 Å². The maximum Gasteiger partial charge on any atom is 0.308 e. The number of benzene rings is 1. The smallest absolute Gasteiger partial charge is 0.308 e. The molecule has 1 saturated carbocycles. The normalized spacial score (nSPS) is 20.6. The minimum Gasteiger partial charge on any atom is -0.493 e. The number of methoxy groups -OCH3 is 1. The fourth-order valence-corrected chi connectivity index (χ4v) is 2.86. The molecule has 1 aromatic rings. The number of ether oxygens (including phenoxy) is 2. The number of carbonyl (C=O) groups excluding carboxylic acids is 2. The van der Waals surface area contributed by atoms with Crippen LogP contribution in [-0.4, -0.2) is 25.0 Å². The van der Waals surface area contributed by atoms with Gasteiger partial charge in [-0.25, -0.2) is 0 Å². The van der Waals surface area contributed by atoms with Crippen LogP contribution in [0.4, 0.5) is 0 Å². The first-order chi connectivity index (χ1) is 11.5. The first-order valence-electron chi connectivity index (χ1n) is 8.33. The highest BCUT2D eigenvalue weighted by molar-refractivity contribution is 5.92. The van der Waals surface area contributed by atoms with Crippen LogP contribution >= 0.6 is 0 Å². The van der Waals surface area contributed by atoms with Gasteiger partial charge in [-0.1, -0.05) is 13.0 Å². The lowest BCUT2D eigenvalue weighted by atomic mass is 9.87. The summed E-state index contributed by atoms with van der Waals surface area (Å²) in [6.07, 6.45) is 7.63. The Morgan fingerprint density at radius 2 is 1.88 bits per heavy atom. The Labute approximate surface area is 143 Å². The van der Waals surface area contributed by atoms with E-state index < -0.39 is 5.97 Å². The van der Waals surface area contributed by atoms with Crippen LogP contribution in [0.25, 0.3) is 6.08 Å². The van der Waals surface area contributed by atoms with Gasteiger partial charge in [0.25, 0.3) is 0 Å². The molecule has 2 rings (SSSR count). The fourth-order valence-electron chi connectivity index (χ4n) is 2.86. The van der Waals surface area contributed by atoms with Crippen molar-refractivity contribution in [1.29, 1.82) is 0 Å².